The molecule has 0 saturated heterocycles. The molecule has 2 aromatic heterocycles. The Morgan fingerprint density at radius 1 is 1.41 bits per heavy atom. The fourth-order valence-corrected chi connectivity index (χ4v) is 1.91. The maximum absolute atomic E-state index is 11.0. The highest BCUT2D eigenvalue weighted by Crippen LogP contribution is 2.29. The number of carbonyl (C=O) groups excluding carboxylic acids is 1. The zero-order chi connectivity index (χ0) is 12.4. The van der Waals surface area contributed by atoms with Crippen LogP contribution in [0.5, 0.6) is 0 Å². The predicted molar refractivity (Wildman–Crippen MR) is 62.5 cm³/mol. The molecule has 88 valence electrons. The van der Waals surface area contributed by atoms with Gasteiger partial charge in [0, 0.05) is 0 Å². The molecule has 1 amide bonds. The molecule has 0 atom stereocenters. The monoisotopic (exact) mass is 250 g/mol. The maximum atomic E-state index is 11.0. The Kier molecular flexibility index (Phi) is 3.01. The van der Waals surface area contributed by atoms with Crippen LogP contribution >= 0.6 is 11.8 Å². The first-order valence-corrected chi connectivity index (χ1v) is 5.54. The lowest BCUT2D eigenvalue weighted by molar-refractivity contribution is 0.0995. The van der Waals surface area contributed by atoms with Crippen LogP contribution in [0.1, 0.15) is 16.2 Å². The van der Waals surface area contributed by atoms with E-state index >= 15 is 0 Å². The van der Waals surface area contributed by atoms with Crippen LogP contribution in [0.3, 0.4) is 0 Å². The highest BCUT2D eigenvalue weighted by atomic mass is 32.2. The van der Waals surface area contributed by atoms with E-state index in [4.69, 9.17) is 15.9 Å². The van der Waals surface area contributed by atoms with Crippen LogP contribution in [-0.2, 0) is 0 Å². The summed E-state index contributed by atoms with van der Waals surface area (Å²) < 4.78 is 5.16. The van der Waals surface area contributed by atoms with E-state index in [1.165, 1.54) is 12.3 Å². The van der Waals surface area contributed by atoms with Gasteiger partial charge in [0.2, 0.25) is 0 Å². The number of oxazole rings is 1. The van der Waals surface area contributed by atoms with Gasteiger partial charge in [-0.3, -0.25) is 4.79 Å². The number of nitrogens with zero attached hydrogens (tertiary/aromatic N) is 2. The van der Waals surface area contributed by atoms with E-state index in [9.17, 15) is 4.79 Å². The molecule has 0 unspecified atom stereocenters. The average Bonchev–Trinajstić information content (AvgIpc) is 2.67. The zero-order valence-corrected chi connectivity index (χ0v) is 9.82. The zero-order valence-electron chi connectivity index (χ0n) is 9.01. The maximum Gasteiger partial charge on any atom is 0.267 e. The number of pyridine rings is 1. The van der Waals surface area contributed by atoms with Gasteiger partial charge >= 0.3 is 0 Å². The topological polar surface area (TPSA) is 108 Å². The van der Waals surface area contributed by atoms with Crippen molar-refractivity contribution in [1.29, 1.82) is 0 Å². The van der Waals surface area contributed by atoms with Crippen molar-refractivity contribution >= 4 is 23.4 Å². The molecular formula is C10H10N4O2S. The molecule has 4 N–H and O–H groups in total. The Morgan fingerprint density at radius 2 is 2.18 bits per heavy atom. The van der Waals surface area contributed by atoms with Gasteiger partial charge in [-0.1, -0.05) is 0 Å². The number of aryl methyl sites for hydroxylation is 1. The third kappa shape index (κ3) is 2.56. The van der Waals surface area contributed by atoms with Crippen LogP contribution in [-0.4, -0.2) is 15.9 Å². The Morgan fingerprint density at radius 3 is 2.76 bits per heavy atom. The molecule has 0 radical (unpaired) electrons. The lowest BCUT2D eigenvalue weighted by Crippen LogP contribution is -2.13. The van der Waals surface area contributed by atoms with Crippen molar-refractivity contribution in [1.82, 2.24) is 9.97 Å². The van der Waals surface area contributed by atoms with Crippen molar-refractivity contribution in [2.24, 2.45) is 5.73 Å². The van der Waals surface area contributed by atoms with Gasteiger partial charge in [0.1, 0.15) is 17.0 Å². The van der Waals surface area contributed by atoms with Gasteiger partial charge in [-0.2, -0.15) is 0 Å². The van der Waals surface area contributed by atoms with E-state index < -0.39 is 5.91 Å². The number of nitrogens with two attached hydrogens (primary N) is 2. The second-order valence-corrected chi connectivity index (χ2v) is 4.25. The minimum atomic E-state index is -0.601. The molecule has 2 aromatic rings. The summed E-state index contributed by atoms with van der Waals surface area (Å²) in [5.41, 5.74) is 12.2. The Hall–Kier alpha value is -2.02. The molecule has 0 bridgehead atoms. The highest BCUT2D eigenvalue weighted by Gasteiger charge is 2.11. The molecule has 0 spiro atoms. The highest BCUT2D eigenvalue weighted by molar-refractivity contribution is 7.99. The molecule has 2 rings (SSSR count). The predicted octanol–water partition coefficient (Wildman–Crippen LogP) is 1.21. The number of hydrogen-bond donors (Lipinski definition) is 2. The molecule has 17 heavy (non-hydrogen) atoms. The summed E-state index contributed by atoms with van der Waals surface area (Å²) in [7, 11) is 0. The lowest BCUT2D eigenvalue weighted by atomic mass is 10.3. The summed E-state index contributed by atoms with van der Waals surface area (Å²) in [6.45, 7) is 1.81. The van der Waals surface area contributed by atoms with Crippen molar-refractivity contribution in [3.63, 3.8) is 0 Å². The summed E-state index contributed by atoms with van der Waals surface area (Å²) in [6.07, 6.45) is 1.52. The Labute approximate surface area is 101 Å². The van der Waals surface area contributed by atoms with E-state index in [1.54, 1.807) is 6.07 Å². The minimum Gasteiger partial charge on any atom is -0.439 e. The van der Waals surface area contributed by atoms with Crippen LogP contribution in [0.2, 0.25) is 0 Å². The largest absolute Gasteiger partial charge is 0.439 e. The van der Waals surface area contributed by atoms with Crippen LogP contribution in [0.25, 0.3) is 0 Å². The summed E-state index contributed by atoms with van der Waals surface area (Å²) in [4.78, 5) is 19.1. The number of carbonyl (C=O) groups is 1. The average molecular weight is 250 g/mol. The smallest absolute Gasteiger partial charge is 0.267 e. The standard InChI is InChI=1S/C10H10N4O2S/c1-5-4-16-10(13-5)17-9-6(11)2-3-7(14-9)8(12)15/h2-4H,11H2,1H3,(H2,12,15). The van der Waals surface area contributed by atoms with Gasteiger partial charge < -0.3 is 15.9 Å². The number of anilines is 1. The first-order chi connectivity index (χ1) is 8.06. The van der Waals surface area contributed by atoms with E-state index in [0.29, 0.717) is 15.9 Å². The van der Waals surface area contributed by atoms with Gasteiger partial charge in [0.25, 0.3) is 11.1 Å². The number of rotatable bonds is 3. The van der Waals surface area contributed by atoms with Gasteiger partial charge in [-0.25, -0.2) is 9.97 Å². The minimum absolute atomic E-state index is 0.157. The molecule has 0 aliphatic heterocycles. The third-order valence-corrected chi connectivity index (χ3v) is 2.81. The van der Waals surface area contributed by atoms with Gasteiger partial charge in [-0.15, -0.1) is 0 Å². The third-order valence-electron chi connectivity index (χ3n) is 1.92. The van der Waals surface area contributed by atoms with E-state index in [2.05, 4.69) is 9.97 Å². The van der Waals surface area contributed by atoms with Gasteiger partial charge in [-0.05, 0) is 30.8 Å². The number of primary amides is 1. The van der Waals surface area contributed by atoms with Crippen LogP contribution in [0.15, 0.2) is 33.1 Å². The van der Waals surface area contributed by atoms with Crippen molar-refractivity contribution in [3.8, 4) is 0 Å². The number of aromatic nitrogens is 2. The Balaban J connectivity index is 2.31. The molecular weight excluding hydrogens is 240 g/mol. The summed E-state index contributed by atoms with van der Waals surface area (Å²) in [5, 5.41) is 0.867. The van der Waals surface area contributed by atoms with Crippen LogP contribution < -0.4 is 11.5 Å². The second kappa shape index (κ2) is 4.46. The number of nitrogen functional groups attached to an aromatic ring is 1. The molecule has 0 saturated carbocycles. The fraction of sp³-hybridized carbons (Fsp3) is 0.100. The van der Waals surface area contributed by atoms with Crippen molar-refractivity contribution in [3.05, 3.63) is 29.8 Å². The van der Waals surface area contributed by atoms with E-state index in [-0.39, 0.29) is 5.69 Å². The fourth-order valence-electron chi connectivity index (χ4n) is 1.13. The number of amides is 1. The summed E-state index contributed by atoms with van der Waals surface area (Å²) in [5.74, 6) is -0.601. The molecule has 0 aromatic carbocycles. The summed E-state index contributed by atoms with van der Waals surface area (Å²) in [6, 6.07) is 3.05. The SMILES string of the molecule is Cc1coc(Sc2nc(C(N)=O)ccc2N)n1. The first kappa shape index (κ1) is 11.5. The lowest BCUT2D eigenvalue weighted by Gasteiger charge is -2.02. The molecule has 0 aliphatic carbocycles. The molecule has 2 heterocycles. The Bertz CT molecular complexity index is 567. The normalized spacial score (nSPS) is 10.4. The van der Waals surface area contributed by atoms with Gasteiger partial charge in [0.15, 0.2) is 0 Å². The summed E-state index contributed by atoms with van der Waals surface area (Å²) >= 11 is 1.14. The quantitative estimate of drug-likeness (QED) is 0.847. The van der Waals surface area contributed by atoms with Crippen molar-refractivity contribution in [2.75, 3.05) is 5.73 Å². The first-order valence-electron chi connectivity index (χ1n) is 4.72. The second-order valence-electron chi connectivity index (χ2n) is 3.31. The molecule has 0 fully saturated rings. The van der Waals surface area contributed by atoms with Crippen molar-refractivity contribution < 1.29 is 9.21 Å². The molecule has 0 aliphatic rings. The van der Waals surface area contributed by atoms with E-state index in [0.717, 1.165) is 17.5 Å². The van der Waals surface area contributed by atoms with Crippen LogP contribution in [0, 0.1) is 6.92 Å². The van der Waals surface area contributed by atoms with Gasteiger partial charge in [0.05, 0.1) is 11.4 Å². The molecule has 7 heteroatoms. The van der Waals surface area contributed by atoms with Crippen LogP contribution in [0.4, 0.5) is 5.69 Å². The van der Waals surface area contributed by atoms with E-state index in [1.807, 2.05) is 6.92 Å². The number of hydrogen-bond acceptors (Lipinski definition) is 6. The van der Waals surface area contributed by atoms with Crippen molar-refractivity contribution in [2.45, 2.75) is 17.2 Å². The molecule has 6 nitrogen and oxygen atoms in total.